The van der Waals surface area contributed by atoms with Crippen molar-refractivity contribution in [2.24, 2.45) is 11.8 Å². The second kappa shape index (κ2) is 12.5. The lowest BCUT2D eigenvalue weighted by Gasteiger charge is -2.37. The first kappa shape index (κ1) is 29.5. The Labute approximate surface area is 249 Å². The summed E-state index contributed by atoms with van der Waals surface area (Å²) in [6.45, 7) is 8.31. The van der Waals surface area contributed by atoms with Crippen molar-refractivity contribution in [1.29, 1.82) is 0 Å². The summed E-state index contributed by atoms with van der Waals surface area (Å²) in [4.78, 5) is 45.2. The highest BCUT2D eigenvalue weighted by Gasteiger charge is 2.77. The van der Waals surface area contributed by atoms with Gasteiger partial charge in [-0.25, -0.2) is 0 Å². The van der Waals surface area contributed by atoms with Gasteiger partial charge in [0.05, 0.1) is 24.5 Å². The van der Waals surface area contributed by atoms with E-state index in [0.717, 1.165) is 10.8 Å². The highest BCUT2D eigenvalue weighted by atomic mass is 79.9. The van der Waals surface area contributed by atoms with Crippen LogP contribution in [0.4, 0.5) is 5.69 Å². The van der Waals surface area contributed by atoms with Gasteiger partial charge in [0.1, 0.15) is 11.6 Å². The SMILES string of the molecule is C=CCCCOC(=O)[C@H]1[C@@H]2OC3(CC2Br)C(C(=O)N(CC=C)c2ccc4ccccc4c2)N(CCCCO)C(=O)[C@H]13. The monoisotopic (exact) mass is 624 g/mol. The molecule has 218 valence electrons. The molecule has 6 atom stereocenters. The third kappa shape index (κ3) is 5.24. The Balaban J connectivity index is 1.52. The van der Waals surface area contributed by atoms with Gasteiger partial charge in [-0.2, -0.15) is 0 Å². The lowest BCUT2D eigenvalue weighted by molar-refractivity contribution is -0.155. The second-order valence-electron chi connectivity index (χ2n) is 11.0. The van der Waals surface area contributed by atoms with Crippen molar-refractivity contribution >= 4 is 50.2 Å². The number of anilines is 1. The molecule has 3 unspecified atom stereocenters. The van der Waals surface area contributed by atoms with Crippen molar-refractivity contribution in [3.05, 3.63) is 67.8 Å². The molecule has 0 aliphatic carbocycles. The fourth-order valence-electron chi connectivity index (χ4n) is 6.75. The quantitative estimate of drug-likeness (QED) is 0.154. The van der Waals surface area contributed by atoms with E-state index in [1.807, 2.05) is 42.5 Å². The maximum absolute atomic E-state index is 14.6. The van der Waals surface area contributed by atoms with Crippen molar-refractivity contribution in [3.8, 4) is 0 Å². The van der Waals surface area contributed by atoms with Gasteiger partial charge in [-0.05, 0) is 55.0 Å². The van der Waals surface area contributed by atoms with E-state index in [1.165, 1.54) is 0 Å². The topological polar surface area (TPSA) is 96.4 Å². The minimum atomic E-state index is -1.17. The Kier molecular flexibility index (Phi) is 8.97. The van der Waals surface area contributed by atoms with Crippen molar-refractivity contribution in [1.82, 2.24) is 4.90 Å². The van der Waals surface area contributed by atoms with Gasteiger partial charge < -0.3 is 24.4 Å². The second-order valence-corrected chi connectivity index (χ2v) is 12.2. The third-order valence-corrected chi connectivity index (χ3v) is 9.37. The number of carbonyl (C=O) groups excluding carboxylic acids is 3. The number of aliphatic hydroxyl groups excluding tert-OH is 1. The van der Waals surface area contributed by atoms with Crippen LogP contribution in [0.5, 0.6) is 0 Å². The van der Waals surface area contributed by atoms with Crippen molar-refractivity contribution in [2.75, 3.05) is 31.2 Å². The molecule has 3 fully saturated rings. The number of rotatable bonds is 13. The van der Waals surface area contributed by atoms with Crippen molar-refractivity contribution in [2.45, 2.75) is 54.7 Å². The molecule has 1 spiro atoms. The molecule has 2 aromatic rings. The molecule has 3 aliphatic rings. The molecule has 0 aromatic heterocycles. The van der Waals surface area contributed by atoms with E-state index in [2.05, 4.69) is 29.1 Å². The molecule has 41 heavy (non-hydrogen) atoms. The summed E-state index contributed by atoms with van der Waals surface area (Å²) in [5, 5.41) is 11.5. The summed E-state index contributed by atoms with van der Waals surface area (Å²) in [6.07, 6.45) is 5.65. The number of hydrogen-bond donors (Lipinski definition) is 1. The van der Waals surface area contributed by atoms with Gasteiger partial charge >= 0.3 is 5.97 Å². The number of fused-ring (bicyclic) bond motifs is 2. The molecule has 3 saturated heterocycles. The Morgan fingerprint density at radius 1 is 1.15 bits per heavy atom. The zero-order valence-electron chi connectivity index (χ0n) is 23.1. The number of alkyl halides is 1. The van der Waals surface area contributed by atoms with Gasteiger partial charge in [0, 0.05) is 30.2 Å². The van der Waals surface area contributed by atoms with E-state index in [-0.39, 0.29) is 42.9 Å². The first-order valence-corrected chi connectivity index (χ1v) is 15.2. The van der Waals surface area contributed by atoms with E-state index in [9.17, 15) is 19.5 Å². The summed E-state index contributed by atoms with van der Waals surface area (Å²) in [6, 6.07) is 12.8. The third-order valence-electron chi connectivity index (χ3n) is 8.52. The number of aliphatic hydroxyl groups is 1. The molecule has 5 rings (SSSR count). The number of esters is 1. The molecule has 2 aromatic carbocycles. The van der Waals surface area contributed by atoms with Crippen LogP contribution in [0.1, 0.15) is 32.1 Å². The largest absolute Gasteiger partial charge is 0.465 e. The van der Waals surface area contributed by atoms with Crippen LogP contribution in [0.15, 0.2) is 67.8 Å². The lowest BCUT2D eigenvalue weighted by atomic mass is 9.70. The predicted octanol–water partition coefficient (Wildman–Crippen LogP) is 4.39. The zero-order chi connectivity index (χ0) is 29.1. The van der Waals surface area contributed by atoms with Crippen LogP contribution in [0.3, 0.4) is 0 Å². The van der Waals surface area contributed by atoms with Crippen LogP contribution in [0.2, 0.25) is 0 Å². The van der Waals surface area contributed by atoms with E-state index < -0.39 is 35.6 Å². The average molecular weight is 626 g/mol. The molecule has 0 saturated carbocycles. The molecular formula is C32H37BrN2O6. The number of ether oxygens (including phenoxy) is 2. The Morgan fingerprint density at radius 3 is 2.66 bits per heavy atom. The van der Waals surface area contributed by atoms with Crippen LogP contribution in [-0.2, 0) is 23.9 Å². The van der Waals surface area contributed by atoms with Crippen LogP contribution in [0.25, 0.3) is 10.8 Å². The van der Waals surface area contributed by atoms with Gasteiger partial charge in [-0.1, -0.05) is 58.4 Å². The van der Waals surface area contributed by atoms with Gasteiger partial charge in [-0.15, -0.1) is 13.2 Å². The Hall–Kier alpha value is -3.01. The summed E-state index contributed by atoms with van der Waals surface area (Å²) in [7, 11) is 0. The average Bonchev–Trinajstić information content (AvgIpc) is 3.57. The summed E-state index contributed by atoms with van der Waals surface area (Å²) < 4.78 is 12.2. The van der Waals surface area contributed by atoms with E-state index in [1.54, 1.807) is 22.0 Å². The number of nitrogens with zero attached hydrogens (tertiary/aromatic N) is 2. The van der Waals surface area contributed by atoms with Gasteiger partial charge in [0.25, 0.3) is 5.91 Å². The minimum absolute atomic E-state index is 0.0173. The molecule has 8 nitrogen and oxygen atoms in total. The number of hydrogen-bond acceptors (Lipinski definition) is 6. The molecule has 1 N–H and O–H groups in total. The standard InChI is InChI=1S/C32H37BrN2O6/c1-3-5-10-18-40-31(39)25-26-29(37)35(16-8-9-17-36)28(32(26)20-24(33)27(25)41-32)30(38)34(15-4-2)23-14-13-21-11-6-7-12-22(21)19-23/h3-4,6-7,11-14,19,24-28,36H,1-2,5,8-10,15-18,20H2/t24?,25-,26+,27-,28?,32?/m1/s1. The molecule has 9 heteroatoms. The Bertz CT molecular complexity index is 1330. The first-order chi connectivity index (χ1) is 19.9. The maximum Gasteiger partial charge on any atom is 0.312 e. The lowest BCUT2D eigenvalue weighted by Crippen LogP contribution is -2.57. The van der Waals surface area contributed by atoms with Gasteiger partial charge in [0.15, 0.2) is 0 Å². The highest BCUT2D eigenvalue weighted by molar-refractivity contribution is 9.09. The van der Waals surface area contributed by atoms with Crippen molar-refractivity contribution in [3.63, 3.8) is 0 Å². The zero-order valence-corrected chi connectivity index (χ0v) is 24.7. The predicted molar refractivity (Wildman–Crippen MR) is 161 cm³/mol. The molecule has 0 radical (unpaired) electrons. The van der Waals surface area contributed by atoms with Crippen LogP contribution in [0, 0.1) is 11.8 Å². The van der Waals surface area contributed by atoms with Gasteiger partial charge in [-0.3, -0.25) is 14.4 Å². The smallest absolute Gasteiger partial charge is 0.312 e. The number of benzene rings is 2. The van der Waals surface area contributed by atoms with E-state index >= 15 is 0 Å². The molecule has 2 amide bonds. The van der Waals surface area contributed by atoms with Gasteiger partial charge in [0.2, 0.25) is 5.91 Å². The van der Waals surface area contributed by atoms with Crippen LogP contribution < -0.4 is 4.90 Å². The fourth-order valence-corrected chi connectivity index (χ4v) is 7.70. The number of carbonyl (C=O) groups is 3. The maximum atomic E-state index is 14.6. The first-order valence-electron chi connectivity index (χ1n) is 14.3. The van der Waals surface area contributed by atoms with Crippen LogP contribution >= 0.6 is 15.9 Å². The summed E-state index contributed by atoms with van der Waals surface area (Å²) >= 11 is 3.70. The van der Waals surface area contributed by atoms with E-state index in [0.29, 0.717) is 37.8 Å². The molecule has 3 aliphatic heterocycles. The molecule has 3 heterocycles. The number of halogens is 1. The molecular weight excluding hydrogens is 588 g/mol. The Morgan fingerprint density at radius 2 is 1.93 bits per heavy atom. The highest BCUT2D eigenvalue weighted by Crippen LogP contribution is 2.60. The van der Waals surface area contributed by atoms with E-state index in [4.69, 9.17) is 9.47 Å². The van der Waals surface area contributed by atoms with Crippen molar-refractivity contribution < 1.29 is 29.0 Å². The number of amides is 2. The number of likely N-dealkylation sites (tertiary alicyclic amines) is 1. The fraction of sp³-hybridized carbons (Fsp3) is 0.469. The number of allylic oxidation sites excluding steroid dienone is 1. The normalized spacial score (nSPS) is 28.1. The van der Waals surface area contributed by atoms with Crippen LogP contribution in [-0.4, -0.2) is 76.7 Å². The minimum Gasteiger partial charge on any atom is -0.465 e. The number of unbranched alkanes of at least 4 members (excludes halogenated alkanes) is 2. The molecule has 2 bridgehead atoms. The summed E-state index contributed by atoms with van der Waals surface area (Å²) in [5.74, 6) is -2.65. The summed E-state index contributed by atoms with van der Waals surface area (Å²) in [5.41, 5.74) is -0.481.